The predicted molar refractivity (Wildman–Crippen MR) is 87.3 cm³/mol. The molecule has 0 saturated heterocycles. The Morgan fingerprint density at radius 2 is 1.79 bits per heavy atom. The number of aryl methyl sites for hydroxylation is 2. The molecule has 0 aliphatic carbocycles. The van der Waals surface area contributed by atoms with E-state index in [1.807, 2.05) is 19.1 Å². The molecular formula is C16H15N5O3. The van der Waals surface area contributed by atoms with Gasteiger partial charge in [0.2, 0.25) is 0 Å². The van der Waals surface area contributed by atoms with E-state index in [1.54, 1.807) is 31.2 Å². The highest BCUT2D eigenvalue weighted by molar-refractivity contribution is 5.41. The van der Waals surface area contributed by atoms with E-state index in [-0.39, 0.29) is 17.9 Å². The van der Waals surface area contributed by atoms with Crippen molar-refractivity contribution >= 4 is 5.69 Å². The highest BCUT2D eigenvalue weighted by atomic mass is 16.6. The highest BCUT2D eigenvalue weighted by Crippen LogP contribution is 2.19. The molecule has 0 N–H and O–H groups in total. The van der Waals surface area contributed by atoms with Crippen LogP contribution in [-0.2, 0) is 6.54 Å². The van der Waals surface area contributed by atoms with Gasteiger partial charge in [0.1, 0.15) is 0 Å². The Morgan fingerprint density at radius 3 is 2.42 bits per heavy atom. The van der Waals surface area contributed by atoms with Crippen LogP contribution in [0.2, 0.25) is 0 Å². The second-order valence-corrected chi connectivity index (χ2v) is 5.54. The average molecular weight is 325 g/mol. The van der Waals surface area contributed by atoms with Crippen molar-refractivity contribution in [3.05, 3.63) is 79.8 Å². The van der Waals surface area contributed by atoms with Crippen molar-refractivity contribution < 1.29 is 4.92 Å². The Kier molecular flexibility index (Phi) is 3.95. The smallest absolute Gasteiger partial charge is 0.258 e. The van der Waals surface area contributed by atoms with E-state index >= 15 is 0 Å². The number of hydrogen-bond acceptors (Lipinski definition) is 5. The maximum absolute atomic E-state index is 12.4. The highest BCUT2D eigenvalue weighted by Gasteiger charge is 2.13. The molecular weight excluding hydrogens is 310 g/mol. The van der Waals surface area contributed by atoms with Gasteiger partial charge in [-0.25, -0.2) is 4.79 Å². The van der Waals surface area contributed by atoms with E-state index in [0.29, 0.717) is 11.3 Å². The lowest BCUT2D eigenvalue weighted by Crippen LogP contribution is -2.24. The fraction of sp³-hybridized carbons (Fsp3) is 0.188. The van der Waals surface area contributed by atoms with Crippen molar-refractivity contribution in [2.45, 2.75) is 20.4 Å². The summed E-state index contributed by atoms with van der Waals surface area (Å²) >= 11 is 0. The molecule has 122 valence electrons. The molecule has 1 heterocycles. The summed E-state index contributed by atoms with van der Waals surface area (Å²) in [5.41, 5.74) is 2.69. The SMILES string of the molecule is Cc1ccc(-n2nnn(Cc3ccc([N+](=O)[O-])c(C)c3)c2=O)cc1. The first-order valence-corrected chi connectivity index (χ1v) is 7.29. The normalized spacial score (nSPS) is 10.8. The van der Waals surface area contributed by atoms with Gasteiger partial charge in [0, 0.05) is 11.6 Å². The molecule has 0 aliphatic heterocycles. The molecule has 0 bridgehead atoms. The van der Waals surface area contributed by atoms with E-state index in [2.05, 4.69) is 10.4 Å². The topological polar surface area (TPSA) is 95.8 Å². The second kappa shape index (κ2) is 6.07. The molecule has 0 fully saturated rings. The molecule has 0 radical (unpaired) electrons. The van der Waals surface area contributed by atoms with Gasteiger partial charge >= 0.3 is 5.69 Å². The third-order valence-electron chi connectivity index (χ3n) is 3.71. The second-order valence-electron chi connectivity index (χ2n) is 5.54. The number of nitro groups is 1. The van der Waals surface area contributed by atoms with E-state index in [0.717, 1.165) is 11.1 Å². The zero-order valence-corrected chi connectivity index (χ0v) is 13.2. The molecule has 2 aromatic carbocycles. The number of benzene rings is 2. The summed E-state index contributed by atoms with van der Waals surface area (Å²) in [6.45, 7) is 3.82. The number of nitrogens with zero attached hydrogens (tertiary/aromatic N) is 5. The minimum absolute atomic E-state index is 0.0504. The molecule has 0 saturated carbocycles. The molecule has 0 aliphatic rings. The van der Waals surface area contributed by atoms with Gasteiger partial charge in [-0.05, 0) is 48.0 Å². The fourth-order valence-corrected chi connectivity index (χ4v) is 2.42. The van der Waals surface area contributed by atoms with Gasteiger partial charge in [0.05, 0.1) is 17.2 Å². The van der Waals surface area contributed by atoms with E-state index < -0.39 is 4.92 Å². The van der Waals surface area contributed by atoms with Crippen molar-refractivity contribution in [3.63, 3.8) is 0 Å². The van der Waals surface area contributed by atoms with Gasteiger partial charge in [-0.1, -0.05) is 23.8 Å². The Morgan fingerprint density at radius 1 is 1.08 bits per heavy atom. The molecule has 1 aromatic heterocycles. The monoisotopic (exact) mass is 325 g/mol. The van der Waals surface area contributed by atoms with Crippen LogP contribution in [0.15, 0.2) is 47.3 Å². The molecule has 0 amide bonds. The van der Waals surface area contributed by atoms with Crippen molar-refractivity contribution in [1.82, 2.24) is 19.8 Å². The summed E-state index contributed by atoms with van der Waals surface area (Å²) in [7, 11) is 0. The first-order chi connectivity index (χ1) is 11.5. The molecule has 8 nitrogen and oxygen atoms in total. The zero-order valence-electron chi connectivity index (χ0n) is 13.2. The molecule has 0 unspecified atom stereocenters. The number of tetrazole rings is 1. The van der Waals surface area contributed by atoms with Crippen molar-refractivity contribution in [2.24, 2.45) is 0 Å². The van der Waals surface area contributed by atoms with Crippen molar-refractivity contribution in [1.29, 1.82) is 0 Å². The lowest BCUT2D eigenvalue weighted by molar-refractivity contribution is -0.385. The fourth-order valence-electron chi connectivity index (χ4n) is 2.42. The third kappa shape index (κ3) is 2.94. The van der Waals surface area contributed by atoms with Gasteiger partial charge in [0.15, 0.2) is 0 Å². The van der Waals surface area contributed by atoms with Crippen molar-refractivity contribution in [3.8, 4) is 5.69 Å². The van der Waals surface area contributed by atoms with E-state index in [4.69, 9.17) is 0 Å². The lowest BCUT2D eigenvalue weighted by atomic mass is 10.1. The van der Waals surface area contributed by atoms with E-state index in [1.165, 1.54) is 15.4 Å². The lowest BCUT2D eigenvalue weighted by Gasteiger charge is -2.02. The molecule has 0 atom stereocenters. The van der Waals surface area contributed by atoms with Gasteiger partial charge in [0.25, 0.3) is 5.69 Å². The quantitative estimate of drug-likeness (QED) is 0.540. The maximum Gasteiger partial charge on any atom is 0.368 e. The summed E-state index contributed by atoms with van der Waals surface area (Å²) < 4.78 is 2.44. The molecule has 3 aromatic rings. The average Bonchev–Trinajstić information content (AvgIpc) is 2.89. The number of hydrogen-bond donors (Lipinski definition) is 0. The van der Waals surface area contributed by atoms with Crippen LogP contribution in [0.4, 0.5) is 5.69 Å². The van der Waals surface area contributed by atoms with Gasteiger partial charge < -0.3 is 0 Å². The predicted octanol–water partition coefficient (Wildman–Crippen LogP) is 2.00. The van der Waals surface area contributed by atoms with Crippen LogP contribution in [0.3, 0.4) is 0 Å². The van der Waals surface area contributed by atoms with Crippen LogP contribution in [0.1, 0.15) is 16.7 Å². The number of nitro benzene ring substituents is 1. The van der Waals surface area contributed by atoms with Crippen LogP contribution >= 0.6 is 0 Å². The van der Waals surface area contributed by atoms with Crippen LogP contribution in [-0.4, -0.2) is 24.7 Å². The van der Waals surface area contributed by atoms with Crippen LogP contribution in [0.25, 0.3) is 5.69 Å². The summed E-state index contributed by atoms with van der Waals surface area (Å²) in [6, 6.07) is 12.1. The minimum atomic E-state index is -0.432. The van der Waals surface area contributed by atoms with Crippen LogP contribution in [0.5, 0.6) is 0 Å². The van der Waals surface area contributed by atoms with Crippen molar-refractivity contribution in [2.75, 3.05) is 0 Å². The van der Waals surface area contributed by atoms with Crippen LogP contribution < -0.4 is 5.69 Å². The van der Waals surface area contributed by atoms with Gasteiger partial charge in [-0.15, -0.1) is 0 Å². The Hall–Kier alpha value is -3.29. The molecule has 3 rings (SSSR count). The van der Waals surface area contributed by atoms with E-state index in [9.17, 15) is 14.9 Å². The number of rotatable bonds is 4. The summed E-state index contributed by atoms with van der Waals surface area (Å²) in [5.74, 6) is 0. The first-order valence-electron chi connectivity index (χ1n) is 7.29. The zero-order chi connectivity index (χ0) is 17.3. The Bertz CT molecular complexity index is 957. The third-order valence-corrected chi connectivity index (χ3v) is 3.71. The molecule has 0 spiro atoms. The minimum Gasteiger partial charge on any atom is -0.258 e. The first kappa shape index (κ1) is 15.6. The standard InChI is InChI=1S/C16H15N5O3/c1-11-3-6-14(7-4-11)20-16(22)19(17-18-20)10-13-5-8-15(21(23)24)12(2)9-13/h3-9H,10H2,1-2H3. The van der Waals surface area contributed by atoms with Gasteiger partial charge in [-0.3, -0.25) is 10.1 Å². The Balaban J connectivity index is 1.89. The summed E-state index contributed by atoms with van der Waals surface area (Å²) in [4.78, 5) is 22.8. The van der Waals surface area contributed by atoms with Crippen LogP contribution in [0, 0.1) is 24.0 Å². The molecule has 24 heavy (non-hydrogen) atoms. The molecule has 8 heteroatoms. The summed E-state index contributed by atoms with van der Waals surface area (Å²) in [6.07, 6.45) is 0. The number of aromatic nitrogens is 4. The largest absolute Gasteiger partial charge is 0.368 e. The van der Waals surface area contributed by atoms with Gasteiger partial charge in [-0.2, -0.15) is 9.36 Å². The Labute approximate surface area is 137 Å². The maximum atomic E-state index is 12.4. The summed E-state index contributed by atoms with van der Waals surface area (Å²) in [5, 5.41) is 18.6.